The van der Waals surface area contributed by atoms with E-state index in [4.69, 9.17) is 9.84 Å². The molecule has 0 fully saturated rings. The number of aliphatic hydroxyl groups is 1. The molecule has 1 rings (SSSR count). The monoisotopic (exact) mass is 266 g/mol. The van der Waals surface area contributed by atoms with Gasteiger partial charge in [0.25, 0.3) is 0 Å². The molecule has 0 amide bonds. The van der Waals surface area contributed by atoms with Crippen LogP contribution in [0.5, 0.6) is 5.75 Å². The fraction of sp³-hybridized carbons (Fsp3) is 0.533. The average Bonchev–Trinajstić information content (AvgIpc) is 2.34. The van der Waals surface area contributed by atoms with Crippen molar-refractivity contribution in [3.05, 3.63) is 29.8 Å². The molecule has 0 aliphatic carbocycles. The van der Waals surface area contributed by atoms with E-state index in [0.717, 1.165) is 6.42 Å². The highest BCUT2D eigenvalue weighted by Gasteiger charge is 2.27. The minimum atomic E-state index is -1.01. The molecular weight excluding hydrogens is 244 g/mol. The van der Waals surface area contributed by atoms with Gasteiger partial charge in [0.2, 0.25) is 0 Å². The smallest absolute Gasteiger partial charge is 0.309 e. The first-order valence-corrected chi connectivity index (χ1v) is 6.63. The lowest BCUT2D eigenvalue weighted by Gasteiger charge is -2.20. The SMILES string of the molecule is CCCC(C(=O)O)C(O)c1cccc(OC(C)C)c1. The maximum absolute atomic E-state index is 11.2. The van der Waals surface area contributed by atoms with E-state index in [1.807, 2.05) is 20.8 Å². The third-order valence-electron chi connectivity index (χ3n) is 2.87. The van der Waals surface area contributed by atoms with Crippen molar-refractivity contribution < 1.29 is 19.7 Å². The van der Waals surface area contributed by atoms with Gasteiger partial charge in [0, 0.05) is 0 Å². The molecule has 2 N–H and O–H groups in total. The van der Waals surface area contributed by atoms with Gasteiger partial charge in [0.15, 0.2) is 0 Å². The molecule has 0 heterocycles. The Balaban J connectivity index is 2.91. The van der Waals surface area contributed by atoms with Crippen LogP contribution in [0.3, 0.4) is 0 Å². The van der Waals surface area contributed by atoms with Crippen molar-refractivity contribution in [2.24, 2.45) is 5.92 Å². The summed E-state index contributed by atoms with van der Waals surface area (Å²) in [4.78, 5) is 11.2. The Kier molecular flexibility index (Phi) is 5.83. The fourth-order valence-corrected chi connectivity index (χ4v) is 2.00. The Morgan fingerprint density at radius 2 is 2.05 bits per heavy atom. The van der Waals surface area contributed by atoms with Crippen molar-refractivity contribution in [2.45, 2.75) is 45.8 Å². The molecule has 0 spiro atoms. The summed E-state index contributed by atoms with van der Waals surface area (Å²) in [6.45, 7) is 5.74. The van der Waals surface area contributed by atoms with Crippen molar-refractivity contribution in [1.82, 2.24) is 0 Å². The van der Waals surface area contributed by atoms with Gasteiger partial charge in [-0.2, -0.15) is 0 Å². The van der Waals surface area contributed by atoms with Gasteiger partial charge >= 0.3 is 5.97 Å². The van der Waals surface area contributed by atoms with Gasteiger partial charge in [0.05, 0.1) is 18.1 Å². The van der Waals surface area contributed by atoms with E-state index < -0.39 is 18.0 Å². The van der Waals surface area contributed by atoms with E-state index >= 15 is 0 Å². The lowest BCUT2D eigenvalue weighted by atomic mass is 9.92. The van der Waals surface area contributed by atoms with Crippen LogP contribution in [0, 0.1) is 5.92 Å². The van der Waals surface area contributed by atoms with Crippen molar-refractivity contribution in [2.75, 3.05) is 0 Å². The standard InChI is InChI=1S/C15H22O4/c1-4-6-13(15(17)18)14(16)11-7-5-8-12(9-11)19-10(2)3/h5,7-10,13-14,16H,4,6H2,1-3H3,(H,17,18). The summed E-state index contributed by atoms with van der Waals surface area (Å²) in [6.07, 6.45) is 0.202. The van der Waals surface area contributed by atoms with Crippen molar-refractivity contribution >= 4 is 5.97 Å². The third kappa shape index (κ3) is 4.56. The van der Waals surface area contributed by atoms with Crippen LogP contribution in [-0.4, -0.2) is 22.3 Å². The molecule has 2 atom stereocenters. The van der Waals surface area contributed by atoms with Crippen LogP contribution in [0.1, 0.15) is 45.3 Å². The van der Waals surface area contributed by atoms with Gasteiger partial charge in [-0.15, -0.1) is 0 Å². The van der Waals surface area contributed by atoms with Gasteiger partial charge in [-0.05, 0) is 38.0 Å². The number of hydrogen-bond acceptors (Lipinski definition) is 3. The zero-order valence-electron chi connectivity index (χ0n) is 11.7. The summed E-state index contributed by atoms with van der Waals surface area (Å²) < 4.78 is 5.55. The lowest BCUT2D eigenvalue weighted by molar-refractivity contribution is -0.146. The number of carboxylic acids is 1. The topological polar surface area (TPSA) is 66.8 Å². The first-order valence-electron chi connectivity index (χ1n) is 6.63. The second-order valence-corrected chi connectivity index (χ2v) is 4.92. The Hall–Kier alpha value is -1.55. The number of aliphatic carboxylic acids is 1. The molecule has 0 bridgehead atoms. The predicted molar refractivity (Wildman–Crippen MR) is 73.2 cm³/mol. The molecule has 0 saturated carbocycles. The Labute approximate surface area is 114 Å². The van der Waals surface area contributed by atoms with E-state index in [9.17, 15) is 9.90 Å². The van der Waals surface area contributed by atoms with Crippen LogP contribution in [0.25, 0.3) is 0 Å². The minimum Gasteiger partial charge on any atom is -0.491 e. The zero-order valence-corrected chi connectivity index (χ0v) is 11.7. The van der Waals surface area contributed by atoms with E-state index in [1.54, 1.807) is 24.3 Å². The Morgan fingerprint density at radius 3 is 2.58 bits per heavy atom. The number of benzene rings is 1. The van der Waals surface area contributed by atoms with Crippen molar-refractivity contribution in [3.8, 4) is 5.75 Å². The predicted octanol–water partition coefficient (Wildman–Crippen LogP) is 3.01. The number of ether oxygens (including phenoxy) is 1. The van der Waals surface area contributed by atoms with Crippen LogP contribution in [-0.2, 0) is 4.79 Å². The highest BCUT2D eigenvalue weighted by atomic mass is 16.5. The molecule has 4 heteroatoms. The fourth-order valence-electron chi connectivity index (χ4n) is 2.00. The molecule has 0 aromatic heterocycles. The van der Waals surface area contributed by atoms with E-state index in [2.05, 4.69) is 0 Å². The molecule has 4 nitrogen and oxygen atoms in total. The molecule has 0 radical (unpaired) electrons. The van der Waals surface area contributed by atoms with Crippen LogP contribution in [0.15, 0.2) is 24.3 Å². The van der Waals surface area contributed by atoms with E-state index in [0.29, 0.717) is 17.7 Å². The molecule has 1 aromatic carbocycles. The first kappa shape index (κ1) is 15.5. The second kappa shape index (κ2) is 7.14. The van der Waals surface area contributed by atoms with Gasteiger partial charge in [-0.3, -0.25) is 4.79 Å². The molecule has 0 aliphatic heterocycles. The molecule has 0 saturated heterocycles. The summed E-state index contributed by atoms with van der Waals surface area (Å²) in [5, 5.41) is 19.4. The highest BCUT2D eigenvalue weighted by molar-refractivity contribution is 5.71. The van der Waals surface area contributed by atoms with Gasteiger partial charge in [-0.25, -0.2) is 0 Å². The number of carbonyl (C=O) groups is 1. The van der Waals surface area contributed by atoms with Crippen LogP contribution in [0.2, 0.25) is 0 Å². The molecule has 1 aromatic rings. The molecule has 19 heavy (non-hydrogen) atoms. The van der Waals surface area contributed by atoms with E-state index in [-0.39, 0.29) is 6.10 Å². The van der Waals surface area contributed by atoms with Crippen molar-refractivity contribution in [1.29, 1.82) is 0 Å². The molecular formula is C15H22O4. The summed E-state index contributed by atoms with van der Waals surface area (Å²) in [5.41, 5.74) is 0.582. The second-order valence-electron chi connectivity index (χ2n) is 4.92. The van der Waals surface area contributed by atoms with Gasteiger partial charge in [-0.1, -0.05) is 25.5 Å². The third-order valence-corrected chi connectivity index (χ3v) is 2.87. The van der Waals surface area contributed by atoms with Crippen LogP contribution >= 0.6 is 0 Å². The maximum Gasteiger partial charge on any atom is 0.309 e. The van der Waals surface area contributed by atoms with Gasteiger partial charge < -0.3 is 14.9 Å². The quantitative estimate of drug-likeness (QED) is 0.796. The zero-order chi connectivity index (χ0) is 14.4. The van der Waals surface area contributed by atoms with Crippen LogP contribution < -0.4 is 4.74 Å². The first-order chi connectivity index (χ1) is 8.95. The van der Waals surface area contributed by atoms with Crippen LogP contribution in [0.4, 0.5) is 0 Å². The summed E-state index contributed by atoms with van der Waals surface area (Å²) in [5.74, 6) is -1.10. The largest absolute Gasteiger partial charge is 0.491 e. The number of rotatable bonds is 7. The summed E-state index contributed by atoms with van der Waals surface area (Å²) >= 11 is 0. The summed E-state index contributed by atoms with van der Waals surface area (Å²) in [7, 11) is 0. The highest BCUT2D eigenvalue weighted by Crippen LogP contribution is 2.28. The lowest BCUT2D eigenvalue weighted by Crippen LogP contribution is -2.22. The van der Waals surface area contributed by atoms with Gasteiger partial charge in [0.1, 0.15) is 5.75 Å². The van der Waals surface area contributed by atoms with E-state index in [1.165, 1.54) is 0 Å². The maximum atomic E-state index is 11.2. The molecule has 106 valence electrons. The van der Waals surface area contributed by atoms with Crippen molar-refractivity contribution in [3.63, 3.8) is 0 Å². The average molecular weight is 266 g/mol. The number of carboxylic acid groups (broad SMARTS) is 1. The Morgan fingerprint density at radius 1 is 1.37 bits per heavy atom. The summed E-state index contributed by atoms with van der Waals surface area (Å²) in [6, 6.07) is 6.99. The Bertz CT molecular complexity index is 414. The molecule has 0 aliphatic rings. The molecule has 2 unspecified atom stereocenters. The number of aliphatic hydroxyl groups excluding tert-OH is 1. The minimum absolute atomic E-state index is 0.0401. The normalized spacial score (nSPS) is 14.2. The number of hydrogen-bond donors (Lipinski definition) is 2.